The molecule has 7 nitrogen and oxygen atoms in total. The van der Waals surface area contributed by atoms with Gasteiger partial charge >= 0.3 is 5.97 Å². The number of carbonyl (C=O) groups excluding carboxylic acids is 1. The number of hydrogen-bond acceptors (Lipinski definition) is 5. The van der Waals surface area contributed by atoms with Crippen LogP contribution in [0.25, 0.3) is 17.4 Å². The molecule has 1 fully saturated rings. The zero-order valence-corrected chi connectivity index (χ0v) is 15.5. The third-order valence-corrected chi connectivity index (χ3v) is 4.60. The molecule has 1 aromatic heterocycles. The average Bonchev–Trinajstić information content (AvgIpc) is 3.36. The van der Waals surface area contributed by atoms with Gasteiger partial charge in [0, 0.05) is 24.8 Å². The number of ether oxygens (including phenoxy) is 1. The van der Waals surface area contributed by atoms with E-state index in [1.807, 2.05) is 6.07 Å². The Labute approximate surface area is 166 Å². The lowest BCUT2D eigenvalue weighted by Gasteiger charge is -2.09. The molecule has 0 saturated carbocycles. The maximum absolute atomic E-state index is 12.2. The van der Waals surface area contributed by atoms with Gasteiger partial charge in [0.05, 0.1) is 16.7 Å². The van der Waals surface area contributed by atoms with Crippen molar-refractivity contribution in [1.29, 1.82) is 5.26 Å². The highest BCUT2D eigenvalue weighted by molar-refractivity contribution is 6.33. The monoisotopic (exact) mass is 400 g/mol. The Hall–Kier alpha value is -3.08. The van der Waals surface area contributed by atoms with Gasteiger partial charge in [-0.2, -0.15) is 5.26 Å². The number of hydrogen-bond donors (Lipinski definition) is 2. The van der Waals surface area contributed by atoms with Gasteiger partial charge in [-0.1, -0.05) is 11.6 Å². The van der Waals surface area contributed by atoms with Gasteiger partial charge in [-0.15, -0.1) is 0 Å². The molecule has 0 aliphatic carbocycles. The van der Waals surface area contributed by atoms with Crippen molar-refractivity contribution in [2.45, 2.75) is 18.9 Å². The fourth-order valence-electron chi connectivity index (χ4n) is 2.83. The van der Waals surface area contributed by atoms with Gasteiger partial charge in [0.2, 0.25) is 0 Å². The quantitative estimate of drug-likeness (QED) is 0.566. The van der Waals surface area contributed by atoms with Crippen LogP contribution in [0.1, 0.15) is 29.0 Å². The van der Waals surface area contributed by atoms with Crippen molar-refractivity contribution in [2.75, 3.05) is 13.2 Å². The van der Waals surface area contributed by atoms with Gasteiger partial charge in [0.25, 0.3) is 5.91 Å². The van der Waals surface area contributed by atoms with Crippen LogP contribution in [0.15, 0.2) is 40.3 Å². The Kier molecular flexibility index (Phi) is 6.14. The number of aromatic carboxylic acids is 1. The first-order chi connectivity index (χ1) is 13.5. The highest BCUT2D eigenvalue weighted by Crippen LogP contribution is 2.27. The maximum Gasteiger partial charge on any atom is 0.337 e. The standard InChI is InChI=1S/C20H17ClN2O5/c21-17-5-3-12(9-16(17)20(25)26)18-6-4-14(28-18)8-13(10-22)19(24)23-11-15-2-1-7-27-15/h3-6,8-9,15H,1-2,7,11H2,(H,23,24)(H,25,26)/b13-8-/t15-/m1/s1. The SMILES string of the molecule is N#C/C(=C/c1ccc(-c2ccc(Cl)c(C(=O)O)c2)o1)C(=O)NC[C@H]1CCCO1. The molecular formula is C20H17ClN2O5. The van der Waals surface area contributed by atoms with Crippen molar-refractivity contribution in [3.05, 3.63) is 52.3 Å². The summed E-state index contributed by atoms with van der Waals surface area (Å²) in [7, 11) is 0. The fraction of sp³-hybridized carbons (Fsp3) is 0.250. The van der Waals surface area contributed by atoms with Gasteiger partial charge in [-0.25, -0.2) is 4.79 Å². The molecule has 0 radical (unpaired) electrons. The molecule has 1 aliphatic rings. The largest absolute Gasteiger partial charge is 0.478 e. The van der Waals surface area contributed by atoms with Gasteiger partial charge in [0.15, 0.2) is 0 Å². The second-order valence-corrected chi connectivity index (χ2v) is 6.62. The number of nitrogens with one attached hydrogen (secondary N) is 1. The zero-order valence-electron chi connectivity index (χ0n) is 14.8. The predicted molar refractivity (Wildman–Crippen MR) is 102 cm³/mol. The van der Waals surface area contributed by atoms with E-state index in [4.69, 9.17) is 25.9 Å². The minimum atomic E-state index is -1.15. The highest BCUT2D eigenvalue weighted by Gasteiger charge is 2.18. The fourth-order valence-corrected chi connectivity index (χ4v) is 3.02. The Balaban J connectivity index is 1.74. The van der Waals surface area contributed by atoms with Crippen LogP contribution < -0.4 is 5.32 Å². The first-order valence-electron chi connectivity index (χ1n) is 8.62. The van der Waals surface area contributed by atoms with Crippen molar-refractivity contribution < 1.29 is 23.8 Å². The smallest absolute Gasteiger partial charge is 0.337 e. The van der Waals surface area contributed by atoms with Gasteiger partial charge in [-0.05, 0) is 43.2 Å². The maximum atomic E-state index is 12.2. The van der Waals surface area contributed by atoms with E-state index in [1.54, 1.807) is 18.2 Å². The molecule has 1 aliphatic heterocycles. The predicted octanol–water partition coefficient (Wildman–Crippen LogP) is 3.50. The lowest BCUT2D eigenvalue weighted by atomic mass is 10.1. The van der Waals surface area contributed by atoms with Crippen LogP contribution in [0, 0.1) is 11.3 Å². The van der Waals surface area contributed by atoms with Gasteiger partial charge in [-0.3, -0.25) is 4.79 Å². The lowest BCUT2D eigenvalue weighted by Crippen LogP contribution is -2.32. The molecule has 8 heteroatoms. The molecule has 0 unspecified atom stereocenters. The second-order valence-electron chi connectivity index (χ2n) is 6.22. The average molecular weight is 401 g/mol. The molecule has 2 heterocycles. The van der Waals surface area contributed by atoms with Crippen molar-refractivity contribution in [1.82, 2.24) is 5.32 Å². The molecule has 28 heavy (non-hydrogen) atoms. The Morgan fingerprint density at radius 1 is 1.36 bits per heavy atom. The number of carboxylic acids is 1. The molecule has 1 aromatic carbocycles. The van der Waals surface area contributed by atoms with Crippen molar-refractivity contribution >= 4 is 29.6 Å². The third kappa shape index (κ3) is 4.60. The van der Waals surface area contributed by atoms with Crippen LogP contribution in [0.3, 0.4) is 0 Å². The number of furan rings is 1. The molecule has 2 N–H and O–H groups in total. The van der Waals surface area contributed by atoms with Crippen LogP contribution in [0.5, 0.6) is 0 Å². The van der Waals surface area contributed by atoms with Gasteiger partial charge in [0.1, 0.15) is 23.2 Å². The van der Waals surface area contributed by atoms with Crippen LogP contribution in [-0.4, -0.2) is 36.2 Å². The van der Waals surface area contributed by atoms with Crippen LogP contribution in [0.4, 0.5) is 0 Å². The third-order valence-electron chi connectivity index (χ3n) is 4.27. The van der Waals surface area contributed by atoms with Crippen LogP contribution in [0.2, 0.25) is 5.02 Å². The number of halogens is 1. The summed E-state index contributed by atoms with van der Waals surface area (Å²) in [6.45, 7) is 1.04. The van der Waals surface area contributed by atoms with E-state index < -0.39 is 11.9 Å². The molecule has 1 atom stereocenters. The summed E-state index contributed by atoms with van der Waals surface area (Å²) in [5, 5.41) is 21.2. The summed E-state index contributed by atoms with van der Waals surface area (Å²) in [5.41, 5.74) is 0.378. The van der Waals surface area contributed by atoms with E-state index in [2.05, 4.69) is 5.32 Å². The molecule has 1 saturated heterocycles. The molecule has 0 spiro atoms. The Morgan fingerprint density at radius 3 is 2.86 bits per heavy atom. The Bertz CT molecular complexity index is 967. The summed E-state index contributed by atoms with van der Waals surface area (Å²) in [4.78, 5) is 23.4. The minimum Gasteiger partial charge on any atom is -0.478 e. The van der Waals surface area contributed by atoms with E-state index in [0.717, 1.165) is 12.8 Å². The molecule has 144 valence electrons. The lowest BCUT2D eigenvalue weighted by molar-refractivity contribution is -0.117. The number of carbonyl (C=O) groups is 2. The van der Waals surface area contributed by atoms with Crippen LogP contribution in [-0.2, 0) is 9.53 Å². The van der Waals surface area contributed by atoms with Crippen LogP contribution >= 0.6 is 11.6 Å². The first kappa shape index (κ1) is 19.7. The number of amides is 1. The van der Waals surface area contributed by atoms with Gasteiger partial charge < -0.3 is 19.6 Å². The topological polar surface area (TPSA) is 113 Å². The number of rotatable bonds is 6. The van der Waals surface area contributed by atoms with E-state index in [1.165, 1.54) is 18.2 Å². The van der Waals surface area contributed by atoms with E-state index in [0.29, 0.717) is 30.2 Å². The summed E-state index contributed by atoms with van der Waals surface area (Å²) in [6.07, 6.45) is 3.16. The Morgan fingerprint density at radius 2 is 2.18 bits per heavy atom. The molecule has 3 rings (SSSR count). The highest BCUT2D eigenvalue weighted by atomic mass is 35.5. The van der Waals surface area contributed by atoms with E-state index in [-0.39, 0.29) is 22.3 Å². The first-order valence-corrected chi connectivity index (χ1v) is 9.00. The molecular weight excluding hydrogens is 384 g/mol. The van der Waals surface area contributed by atoms with Crippen molar-refractivity contribution in [3.63, 3.8) is 0 Å². The minimum absolute atomic E-state index is 0.0209. The molecule has 2 aromatic rings. The summed E-state index contributed by atoms with van der Waals surface area (Å²) in [6, 6.07) is 9.57. The zero-order chi connectivity index (χ0) is 20.1. The number of carboxylic acid groups (broad SMARTS) is 1. The summed E-state index contributed by atoms with van der Waals surface area (Å²) >= 11 is 5.87. The summed E-state index contributed by atoms with van der Waals surface area (Å²) in [5.74, 6) is -0.961. The number of benzene rings is 1. The van der Waals surface area contributed by atoms with E-state index in [9.17, 15) is 14.9 Å². The van der Waals surface area contributed by atoms with Crippen molar-refractivity contribution in [3.8, 4) is 17.4 Å². The molecule has 1 amide bonds. The summed E-state index contributed by atoms with van der Waals surface area (Å²) < 4.78 is 11.1. The normalized spacial score (nSPS) is 16.6. The van der Waals surface area contributed by atoms with E-state index >= 15 is 0 Å². The number of nitriles is 1. The second kappa shape index (κ2) is 8.74. The number of nitrogens with zero attached hydrogens (tertiary/aromatic N) is 1. The molecule has 0 bridgehead atoms. The van der Waals surface area contributed by atoms with Crippen molar-refractivity contribution in [2.24, 2.45) is 0 Å².